The molecule has 0 fully saturated rings. The fraction of sp³-hybridized carbons (Fsp3) is 0.276. The molecule has 0 saturated carbocycles. The molecule has 11 heteroatoms. The van der Waals surface area contributed by atoms with Crippen LogP contribution in [0.4, 0.5) is 13.6 Å². The molecule has 1 aliphatic rings. The molecule has 9 nitrogen and oxygen atoms in total. The number of hydrogen-bond acceptors (Lipinski definition) is 7. The number of carbonyl (C=O) groups excluding carboxylic acids is 3. The van der Waals surface area contributed by atoms with Gasteiger partial charge >= 0.3 is 12.1 Å². The van der Waals surface area contributed by atoms with Gasteiger partial charge in [0.2, 0.25) is 5.96 Å². The van der Waals surface area contributed by atoms with Crippen LogP contribution >= 0.6 is 0 Å². The van der Waals surface area contributed by atoms with Crippen molar-refractivity contribution < 1.29 is 32.6 Å². The normalized spacial score (nSPS) is 14.5. The van der Waals surface area contributed by atoms with Crippen LogP contribution < -0.4 is 5.32 Å². The summed E-state index contributed by atoms with van der Waals surface area (Å²) in [5.41, 5.74) is -1.01. The number of rotatable bonds is 5. The highest BCUT2D eigenvalue weighted by molar-refractivity contribution is 6.12. The Kier molecular flexibility index (Phi) is 7.68. The van der Waals surface area contributed by atoms with Crippen LogP contribution in [-0.2, 0) is 26.4 Å². The maximum atomic E-state index is 14.4. The van der Waals surface area contributed by atoms with Crippen LogP contribution in [0.2, 0.25) is 0 Å². The molecule has 0 atom stereocenters. The molecular formula is C29H28F2N4O5. The molecule has 0 unspecified atom stereocenters. The predicted molar refractivity (Wildman–Crippen MR) is 141 cm³/mol. The number of nitrogens with zero attached hydrogens (tertiary/aromatic N) is 3. The number of aliphatic imine (C=N–C) groups is 1. The zero-order valence-corrected chi connectivity index (χ0v) is 22.6. The Morgan fingerprint density at radius 2 is 1.52 bits per heavy atom. The highest BCUT2D eigenvalue weighted by Gasteiger charge is 2.52. The van der Waals surface area contributed by atoms with Crippen molar-refractivity contribution >= 4 is 23.9 Å². The van der Waals surface area contributed by atoms with E-state index in [1.54, 1.807) is 33.8 Å². The van der Waals surface area contributed by atoms with Crippen LogP contribution in [0.15, 0.2) is 65.8 Å². The molecule has 0 radical (unpaired) electrons. The summed E-state index contributed by atoms with van der Waals surface area (Å²) >= 11 is 0. The number of nitrogens with one attached hydrogen (secondary N) is 1. The van der Waals surface area contributed by atoms with Crippen molar-refractivity contribution in [3.63, 3.8) is 0 Å². The zero-order chi connectivity index (χ0) is 29.2. The van der Waals surface area contributed by atoms with E-state index in [1.807, 2.05) is 0 Å². The number of aromatic nitrogens is 1. The summed E-state index contributed by atoms with van der Waals surface area (Å²) < 4.78 is 38.0. The number of methoxy groups -OCH3 is 1. The number of benzene rings is 2. The van der Waals surface area contributed by atoms with Crippen molar-refractivity contribution in [3.05, 3.63) is 100 Å². The maximum Gasteiger partial charge on any atom is 0.414 e. The number of pyridine rings is 1. The molecule has 0 bridgehead atoms. The summed E-state index contributed by atoms with van der Waals surface area (Å²) in [6.45, 7) is 6.57. The van der Waals surface area contributed by atoms with Gasteiger partial charge in [-0.15, -0.1) is 0 Å². The number of esters is 1. The number of amides is 2. The van der Waals surface area contributed by atoms with Gasteiger partial charge in [-0.2, -0.15) is 0 Å². The minimum atomic E-state index is -1.79. The van der Waals surface area contributed by atoms with E-state index >= 15 is 0 Å². The molecule has 1 aliphatic heterocycles. The fourth-order valence-corrected chi connectivity index (χ4v) is 4.34. The summed E-state index contributed by atoms with van der Waals surface area (Å²) in [6.07, 6.45) is 0.542. The lowest BCUT2D eigenvalue weighted by Crippen LogP contribution is -2.47. The van der Waals surface area contributed by atoms with E-state index in [4.69, 9.17) is 9.47 Å². The van der Waals surface area contributed by atoms with Crippen LogP contribution in [0.3, 0.4) is 0 Å². The molecule has 0 spiro atoms. The maximum absolute atomic E-state index is 14.4. The van der Waals surface area contributed by atoms with E-state index in [2.05, 4.69) is 15.3 Å². The third kappa shape index (κ3) is 5.54. The fourth-order valence-electron chi connectivity index (χ4n) is 4.34. The van der Waals surface area contributed by atoms with Gasteiger partial charge in [-0.25, -0.2) is 28.3 Å². The van der Waals surface area contributed by atoms with E-state index in [9.17, 15) is 23.2 Å². The van der Waals surface area contributed by atoms with Crippen molar-refractivity contribution in [3.8, 4) is 0 Å². The first-order chi connectivity index (χ1) is 18.9. The predicted octanol–water partition coefficient (Wildman–Crippen LogP) is 4.62. The van der Waals surface area contributed by atoms with Gasteiger partial charge in [0.05, 0.1) is 13.7 Å². The third-order valence-corrected chi connectivity index (χ3v) is 6.24. The largest absolute Gasteiger partial charge is 0.464 e. The average molecular weight is 551 g/mol. The van der Waals surface area contributed by atoms with Crippen LogP contribution in [0.5, 0.6) is 0 Å². The lowest BCUT2D eigenvalue weighted by Gasteiger charge is -2.28. The Labute approximate surface area is 229 Å². The number of alkyl carbamates (subject to hydrolysis) is 1. The van der Waals surface area contributed by atoms with Gasteiger partial charge in [-0.3, -0.25) is 15.0 Å². The van der Waals surface area contributed by atoms with Crippen LogP contribution in [0, 0.1) is 18.6 Å². The molecular weight excluding hydrogens is 522 g/mol. The smallest absolute Gasteiger partial charge is 0.414 e. The first-order valence-electron chi connectivity index (χ1n) is 12.3. The molecule has 2 heterocycles. The first kappa shape index (κ1) is 28.3. The molecule has 1 aromatic heterocycles. The molecule has 0 aliphatic carbocycles. The van der Waals surface area contributed by atoms with Crippen molar-refractivity contribution in [2.45, 2.75) is 45.4 Å². The zero-order valence-electron chi connectivity index (χ0n) is 22.6. The standard InChI is InChI=1S/C29H28F2N4O5/c1-17-18(14-15-32-23(17)24(36)39-5)16-35-25(37)29(19-6-10-21(30)11-7-19,20-8-12-22(31)13-9-20)34-26(35)33-27(38)40-28(2,3)4/h6-15H,16H2,1-5H3,(H,33,34,38). The Balaban J connectivity index is 1.88. The van der Waals surface area contributed by atoms with Crippen LogP contribution in [0.25, 0.3) is 0 Å². The number of hydrogen-bond donors (Lipinski definition) is 1. The number of ether oxygens (including phenoxy) is 2. The Morgan fingerprint density at radius 1 is 0.975 bits per heavy atom. The van der Waals surface area contributed by atoms with Crippen molar-refractivity contribution in [2.24, 2.45) is 4.99 Å². The second-order valence-electron chi connectivity index (χ2n) is 10.1. The van der Waals surface area contributed by atoms with Gasteiger partial charge in [0, 0.05) is 6.20 Å². The Hall–Kier alpha value is -4.67. The van der Waals surface area contributed by atoms with Crippen molar-refractivity contribution in [2.75, 3.05) is 7.11 Å². The summed E-state index contributed by atoms with van der Waals surface area (Å²) in [4.78, 5) is 49.4. The third-order valence-electron chi connectivity index (χ3n) is 6.24. The molecule has 0 saturated heterocycles. The van der Waals surface area contributed by atoms with Gasteiger partial charge in [0.15, 0.2) is 11.2 Å². The molecule has 4 rings (SSSR count). The van der Waals surface area contributed by atoms with Gasteiger partial charge < -0.3 is 9.47 Å². The second-order valence-corrected chi connectivity index (χ2v) is 10.1. The lowest BCUT2D eigenvalue weighted by atomic mass is 9.82. The first-order valence-corrected chi connectivity index (χ1v) is 12.3. The molecule has 2 amide bonds. The number of carbonyl (C=O) groups is 3. The monoisotopic (exact) mass is 550 g/mol. The number of halogens is 2. The summed E-state index contributed by atoms with van der Waals surface area (Å²) in [5, 5.41) is 2.56. The van der Waals surface area contributed by atoms with E-state index < -0.39 is 40.7 Å². The molecule has 1 N–H and O–H groups in total. The number of guanidine groups is 1. The minimum absolute atomic E-state index is 0.0635. The second kappa shape index (κ2) is 10.8. The van der Waals surface area contributed by atoms with E-state index in [0.717, 1.165) is 0 Å². The van der Waals surface area contributed by atoms with E-state index in [1.165, 1.54) is 66.7 Å². The molecule has 208 valence electrons. The highest BCUT2D eigenvalue weighted by atomic mass is 19.1. The summed E-state index contributed by atoms with van der Waals surface area (Å²) in [7, 11) is 1.23. The van der Waals surface area contributed by atoms with Crippen LogP contribution in [0.1, 0.15) is 53.5 Å². The highest BCUT2D eigenvalue weighted by Crippen LogP contribution is 2.41. The van der Waals surface area contributed by atoms with E-state index in [-0.39, 0.29) is 29.3 Å². The minimum Gasteiger partial charge on any atom is -0.464 e. The molecule has 3 aromatic rings. The van der Waals surface area contributed by atoms with Gasteiger partial charge in [-0.1, -0.05) is 24.3 Å². The topological polar surface area (TPSA) is 110 Å². The quantitative estimate of drug-likeness (QED) is 0.464. The Morgan fingerprint density at radius 3 is 2.02 bits per heavy atom. The summed E-state index contributed by atoms with van der Waals surface area (Å²) in [6, 6.07) is 12.0. The molecule has 40 heavy (non-hydrogen) atoms. The average Bonchev–Trinajstić information content (AvgIpc) is 3.16. The van der Waals surface area contributed by atoms with Gasteiger partial charge in [0.1, 0.15) is 17.2 Å². The van der Waals surface area contributed by atoms with Gasteiger partial charge in [0.25, 0.3) is 5.91 Å². The van der Waals surface area contributed by atoms with Crippen molar-refractivity contribution in [1.29, 1.82) is 0 Å². The van der Waals surface area contributed by atoms with Gasteiger partial charge in [-0.05, 0) is 80.3 Å². The Bertz CT molecular complexity index is 1440. The lowest BCUT2D eigenvalue weighted by molar-refractivity contribution is -0.130. The SMILES string of the molecule is COC(=O)c1nccc(CN2C(=O)C(c3ccc(F)cc3)(c3ccc(F)cc3)N=C2NC(=O)OC(C)(C)C)c1C. The van der Waals surface area contributed by atoms with Crippen LogP contribution in [-0.4, -0.2) is 46.5 Å². The van der Waals surface area contributed by atoms with E-state index in [0.29, 0.717) is 11.1 Å². The van der Waals surface area contributed by atoms with Crippen molar-refractivity contribution in [1.82, 2.24) is 15.2 Å². The summed E-state index contributed by atoms with van der Waals surface area (Å²) in [5.74, 6) is -2.46. The molecule has 2 aromatic carbocycles.